The summed E-state index contributed by atoms with van der Waals surface area (Å²) in [5.74, 6) is 2.26. The molecule has 0 radical (unpaired) electrons. The van der Waals surface area contributed by atoms with Crippen molar-refractivity contribution in [1.29, 1.82) is 0 Å². The molecule has 102 valence electrons. The van der Waals surface area contributed by atoms with Crippen molar-refractivity contribution in [2.75, 3.05) is 13.7 Å². The van der Waals surface area contributed by atoms with E-state index in [0.29, 0.717) is 18.3 Å². The summed E-state index contributed by atoms with van der Waals surface area (Å²) in [6.45, 7) is 2.75. The highest BCUT2D eigenvalue weighted by molar-refractivity contribution is 5.56. The normalized spacial score (nSPS) is 12.4. The zero-order valence-electron chi connectivity index (χ0n) is 11.3. The third kappa shape index (κ3) is 3.32. The summed E-state index contributed by atoms with van der Waals surface area (Å²) >= 11 is 0. The van der Waals surface area contributed by atoms with Crippen molar-refractivity contribution in [3.63, 3.8) is 0 Å². The highest BCUT2D eigenvalue weighted by Crippen LogP contribution is 2.24. The number of ether oxygens (including phenoxy) is 1. The molecule has 0 fully saturated rings. The fraction of sp³-hybridized carbons (Fsp3) is 0.429. The molecule has 1 heterocycles. The maximum Gasteiger partial charge on any atom is 0.229 e. The lowest BCUT2D eigenvalue weighted by Crippen LogP contribution is -2.02. The van der Waals surface area contributed by atoms with Crippen LogP contribution in [0, 0.1) is 0 Å². The van der Waals surface area contributed by atoms with Crippen molar-refractivity contribution in [3.8, 4) is 17.1 Å². The fourth-order valence-corrected chi connectivity index (χ4v) is 1.86. The zero-order chi connectivity index (χ0) is 13.7. The average molecular weight is 261 g/mol. The van der Waals surface area contributed by atoms with Crippen LogP contribution in [-0.4, -0.2) is 23.8 Å². The Morgan fingerprint density at radius 3 is 3.00 bits per heavy atom. The number of benzene rings is 1. The summed E-state index contributed by atoms with van der Waals surface area (Å²) in [6, 6.07) is 7.61. The first-order valence-corrected chi connectivity index (χ1v) is 6.42. The highest BCUT2D eigenvalue weighted by atomic mass is 16.5. The summed E-state index contributed by atoms with van der Waals surface area (Å²) < 4.78 is 10.5. The number of methoxy groups -OCH3 is 1. The quantitative estimate of drug-likeness (QED) is 0.865. The van der Waals surface area contributed by atoms with Crippen molar-refractivity contribution >= 4 is 0 Å². The minimum atomic E-state index is 0.232. The highest BCUT2D eigenvalue weighted by Gasteiger charge is 2.15. The molecule has 0 amide bonds. The topological polar surface area (TPSA) is 74.2 Å². The van der Waals surface area contributed by atoms with Gasteiger partial charge in [0.1, 0.15) is 5.75 Å². The van der Waals surface area contributed by atoms with Crippen molar-refractivity contribution in [2.24, 2.45) is 5.73 Å². The minimum Gasteiger partial charge on any atom is -0.497 e. The molecule has 1 atom stereocenters. The van der Waals surface area contributed by atoms with Gasteiger partial charge in [-0.05, 0) is 31.5 Å². The summed E-state index contributed by atoms with van der Waals surface area (Å²) in [7, 11) is 1.63. The second-order valence-corrected chi connectivity index (χ2v) is 4.52. The van der Waals surface area contributed by atoms with Gasteiger partial charge in [-0.3, -0.25) is 0 Å². The van der Waals surface area contributed by atoms with Gasteiger partial charge in [-0.25, -0.2) is 0 Å². The van der Waals surface area contributed by atoms with Crippen molar-refractivity contribution in [2.45, 2.75) is 25.7 Å². The number of rotatable bonds is 6. The van der Waals surface area contributed by atoms with Gasteiger partial charge >= 0.3 is 0 Å². The molecule has 0 aliphatic heterocycles. The first-order valence-electron chi connectivity index (χ1n) is 6.42. The molecule has 0 aliphatic rings. The van der Waals surface area contributed by atoms with Crippen LogP contribution in [0.25, 0.3) is 11.4 Å². The van der Waals surface area contributed by atoms with Crippen LogP contribution in [0.5, 0.6) is 5.75 Å². The van der Waals surface area contributed by atoms with Crippen molar-refractivity contribution in [3.05, 3.63) is 30.2 Å². The van der Waals surface area contributed by atoms with E-state index < -0.39 is 0 Å². The predicted molar refractivity (Wildman–Crippen MR) is 73.0 cm³/mol. The maximum atomic E-state index is 5.50. The van der Waals surface area contributed by atoms with Crippen LogP contribution < -0.4 is 10.5 Å². The smallest absolute Gasteiger partial charge is 0.229 e. The van der Waals surface area contributed by atoms with E-state index in [1.807, 2.05) is 24.3 Å². The molecule has 2 N–H and O–H groups in total. The summed E-state index contributed by atoms with van der Waals surface area (Å²) in [6.07, 6.45) is 1.91. The molecule has 1 aromatic heterocycles. The van der Waals surface area contributed by atoms with Gasteiger partial charge in [-0.1, -0.05) is 24.2 Å². The first kappa shape index (κ1) is 13.5. The molecule has 5 nitrogen and oxygen atoms in total. The van der Waals surface area contributed by atoms with Gasteiger partial charge in [0.2, 0.25) is 11.7 Å². The molecule has 5 heteroatoms. The molecule has 0 bridgehead atoms. The number of nitrogens with two attached hydrogens (primary N) is 1. The minimum absolute atomic E-state index is 0.232. The van der Waals surface area contributed by atoms with E-state index in [4.69, 9.17) is 15.0 Å². The SMILES string of the molecule is COc1cccc(-c2noc(C(C)CCCN)n2)c1. The van der Waals surface area contributed by atoms with Crippen LogP contribution in [0.4, 0.5) is 0 Å². The van der Waals surface area contributed by atoms with E-state index in [2.05, 4.69) is 17.1 Å². The lowest BCUT2D eigenvalue weighted by molar-refractivity contribution is 0.352. The standard InChI is InChI=1S/C14H19N3O2/c1-10(5-4-8-15)14-16-13(17-19-14)11-6-3-7-12(9-11)18-2/h3,6-7,9-10H,4-5,8,15H2,1-2H3. The Hall–Kier alpha value is -1.88. The Balaban J connectivity index is 2.15. The number of aromatic nitrogens is 2. The molecule has 0 aliphatic carbocycles. The summed E-state index contributed by atoms with van der Waals surface area (Å²) in [5, 5.41) is 4.02. The zero-order valence-corrected chi connectivity index (χ0v) is 11.3. The van der Waals surface area contributed by atoms with Crippen molar-refractivity contribution in [1.82, 2.24) is 10.1 Å². The Bertz CT molecular complexity index is 525. The molecule has 0 saturated heterocycles. The summed E-state index contributed by atoms with van der Waals surface area (Å²) in [4.78, 5) is 4.43. The second-order valence-electron chi connectivity index (χ2n) is 4.52. The van der Waals surface area contributed by atoms with Crippen LogP contribution in [-0.2, 0) is 0 Å². The number of hydrogen-bond donors (Lipinski definition) is 1. The third-order valence-electron chi connectivity index (χ3n) is 3.03. The average Bonchev–Trinajstić information content (AvgIpc) is 2.94. The van der Waals surface area contributed by atoms with E-state index in [0.717, 1.165) is 24.2 Å². The van der Waals surface area contributed by atoms with E-state index >= 15 is 0 Å². The van der Waals surface area contributed by atoms with E-state index in [-0.39, 0.29) is 5.92 Å². The molecule has 2 rings (SSSR count). The van der Waals surface area contributed by atoms with Crippen LogP contribution in [0.3, 0.4) is 0 Å². The van der Waals surface area contributed by atoms with Gasteiger partial charge in [0.25, 0.3) is 0 Å². The van der Waals surface area contributed by atoms with Gasteiger partial charge in [0.15, 0.2) is 0 Å². The summed E-state index contributed by atoms with van der Waals surface area (Å²) in [5.41, 5.74) is 6.39. The number of nitrogens with zero attached hydrogens (tertiary/aromatic N) is 2. The largest absolute Gasteiger partial charge is 0.497 e. The van der Waals surface area contributed by atoms with Gasteiger partial charge in [0, 0.05) is 11.5 Å². The van der Waals surface area contributed by atoms with E-state index in [9.17, 15) is 0 Å². The monoisotopic (exact) mass is 261 g/mol. The molecular formula is C14H19N3O2. The van der Waals surface area contributed by atoms with E-state index in [1.165, 1.54) is 0 Å². The lowest BCUT2D eigenvalue weighted by Gasteiger charge is -2.03. The Labute approximate surface area is 112 Å². The van der Waals surface area contributed by atoms with Gasteiger partial charge in [-0.2, -0.15) is 4.98 Å². The second kappa shape index (κ2) is 6.33. The fourth-order valence-electron chi connectivity index (χ4n) is 1.86. The van der Waals surface area contributed by atoms with E-state index in [1.54, 1.807) is 7.11 Å². The molecule has 19 heavy (non-hydrogen) atoms. The van der Waals surface area contributed by atoms with Gasteiger partial charge in [-0.15, -0.1) is 0 Å². The first-order chi connectivity index (χ1) is 9.24. The van der Waals surface area contributed by atoms with Crippen LogP contribution >= 0.6 is 0 Å². The Morgan fingerprint density at radius 1 is 1.42 bits per heavy atom. The van der Waals surface area contributed by atoms with Crippen LogP contribution in [0.1, 0.15) is 31.6 Å². The molecule has 0 saturated carbocycles. The molecule has 0 spiro atoms. The molecule has 2 aromatic rings. The lowest BCUT2D eigenvalue weighted by atomic mass is 10.1. The number of hydrogen-bond acceptors (Lipinski definition) is 5. The molecule has 1 aromatic carbocycles. The van der Waals surface area contributed by atoms with Crippen LogP contribution in [0.15, 0.2) is 28.8 Å². The Kier molecular flexibility index (Phi) is 4.52. The molecule has 1 unspecified atom stereocenters. The van der Waals surface area contributed by atoms with Gasteiger partial charge < -0.3 is 15.0 Å². The molecular weight excluding hydrogens is 242 g/mol. The van der Waals surface area contributed by atoms with Crippen LogP contribution in [0.2, 0.25) is 0 Å². The maximum absolute atomic E-state index is 5.50. The van der Waals surface area contributed by atoms with Gasteiger partial charge in [0.05, 0.1) is 7.11 Å². The third-order valence-corrected chi connectivity index (χ3v) is 3.03. The van der Waals surface area contributed by atoms with Crippen molar-refractivity contribution < 1.29 is 9.26 Å². The predicted octanol–water partition coefficient (Wildman–Crippen LogP) is 2.59. The Morgan fingerprint density at radius 2 is 2.26 bits per heavy atom.